The van der Waals surface area contributed by atoms with Gasteiger partial charge in [-0.15, -0.1) is 0 Å². The molecule has 2 aromatic rings. The maximum absolute atomic E-state index is 4.44. The van der Waals surface area contributed by atoms with Gasteiger partial charge in [0.1, 0.15) is 0 Å². The molecule has 0 saturated carbocycles. The summed E-state index contributed by atoms with van der Waals surface area (Å²) in [6.07, 6.45) is 5.20. The summed E-state index contributed by atoms with van der Waals surface area (Å²) >= 11 is 0. The van der Waals surface area contributed by atoms with Crippen LogP contribution in [0.25, 0.3) is 0 Å². The van der Waals surface area contributed by atoms with Crippen LogP contribution in [0.2, 0.25) is 0 Å². The number of benzene rings is 1. The first-order chi connectivity index (χ1) is 8.81. The zero-order chi connectivity index (χ0) is 12.8. The average Bonchev–Trinajstić information content (AvgIpc) is 2.88. The third-order valence-corrected chi connectivity index (χ3v) is 3.12. The second kappa shape index (κ2) is 6.36. The van der Waals surface area contributed by atoms with Crippen LogP contribution in [-0.2, 0) is 6.54 Å². The minimum absolute atomic E-state index is 0.332. The highest BCUT2D eigenvalue weighted by molar-refractivity contribution is 5.19. The van der Waals surface area contributed by atoms with E-state index in [1.54, 1.807) is 0 Å². The van der Waals surface area contributed by atoms with E-state index in [-0.39, 0.29) is 0 Å². The van der Waals surface area contributed by atoms with Crippen LogP contribution in [-0.4, -0.2) is 16.1 Å². The number of imidazole rings is 1. The number of nitrogens with one attached hydrogen (secondary N) is 1. The average molecular weight is 243 g/mol. The SMILES string of the molecule is CCCNCc1cn(C(C)c2ccccc2)cn1. The normalized spacial score (nSPS) is 12.6. The lowest BCUT2D eigenvalue weighted by molar-refractivity contribution is 0.634. The third kappa shape index (κ3) is 3.20. The van der Waals surface area contributed by atoms with Gasteiger partial charge in [0.15, 0.2) is 0 Å². The van der Waals surface area contributed by atoms with Crippen LogP contribution in [0.3, 0.4) is 0 Å². The molecule has 1 aromatic carbocycles. The van der Waals surface area contributed by atoms with Gasteiger partial charge in [0, 0.05) is 12.7 Å². The molecule has 0 aliphatic heterocycles. The maximum atomic E-state index is 4.44. The Kier molecular flexibility index (Phi) is 4.53. The second-order valence-electron chi connectivity index (χ2n) is 4.58. The van der Waals surface area contributed by atoms with Crippen molar-refractivity contribution in [2.45, 2.75) is 32.9 Å². The number of aromatic nitrogens is 2. The molecule has 2 rings (SSSR count). The van der Waals surface area contributed by atoms with Gasteiger partial charge in [0.05, 0.1) is 18.1 Å². The zero-order valence-electron chi connectivity index (χ0n) is 11.1. The van der Waals surface area contributed by atoms with E-state index in [1.807, 2.05) is 12.4 Å². The van der Waals surface area contributed by atoms with Crippen LogP contribution < -0.4 is 5.32 Å². The van der Waals surface area contributed by atoms with Gasteiger partial charge in [-0.05, 0) is 25.5 Å². The van der Waals surface area contributed by atoms with Gasteiger partial charge in [-0.1, -0.05) is 37.3 Å². The smallest absolute Gasteiger partial charge is 0.0955 e. The van der Waals surface area contributed by atoms with Crippen LogP contribution in [0.1, 0.15) is 37.6 Å². The Bertz CT molecular complexity index is 462. The molecule has 0 aliphatic rings. The van der Waals surface area contributed by atoms with E-state index in [2.05, 4.69) is 59.2 Å². The lowest BCUT2D eigenvalue weighted by Crippen LogP contribution is -2.14. The zero-order valence-corrected chi connectivity index (χ0v) is 11.1. The molecule has 1 atom stereocenters. The van der Waals surface area contributed by atoms with Crippen molar-refractivity contribution in [1.29, 1.82) is 0 Å². The Hall–Kier alpha value is -1.61. The Labute approximate surface area is 109 Å². The first-order valence-corrected chi connectivity index (χ1v) is 6.59. The number of hydrogen-bond acceptors (Lipinski definition) is 2. The predicted octanol–water partition coefficient (Wildman–Crippen LogP) is 2.99. The summed E-state index contributed by atoms with van der Waals surface area (Å²) in [6, 6.07) is 10.8. The summed E-state index contributed by atoms with van der Waals surface area (Å²) in [6.45, 7) is 6.26. The molecule has 96 valence electrons. The summed E-state index contributed by atoms with van der Waals surface area (Å²) in [5.74, 6) is 0. The van der Waals surface area contributed by atoms with Gasteiger partial charge >= 0.3 is 0 Å². The first kappa shape index (κ1) is 12.8. The van der Waals surface area contributed by atoms with E-state index >= 15 is 0 Å². The maximum Gasteiger partial charge on any atom is 0.0955 e. The summed E-state index contributed by atoms with van der Waals surface area (Å²) < 4.78 is 2.16. The molecule has 0 amide bonds. The molecule has 1 heterocycles. The van der Waals surface area contributed by atoms with E-state index in [9.17, 15) is 0 Å². The fourth-order valence-corrected chi connectivity index (χ4v) is 1.98. The van der Waals surface area contributed by atoms with Crippen molar-refractivity contribution in [3.05, 3.63) is 54.1 Å². The standard InChI is InChI=1S/C15H21N3/c1-3-9-16-10-15-11-18(12-17-15)13(2)14-7-5-4-6-8-14/h4-8,11-13,16H,3,9-10H2,1-2H3. The molecule has 0 bridgehead atoms. The van der Waals surface area contributed by atoms with Gasteiger partial charge in [-0.2, -0.15) is 0 Å². The predicted molar refractivity (Wildman–Crippen MR) is 74.5 cm³/mol. The topological polar surface area (TPSA) is 29.9 Å². The molecule has 0 radical (unpaired) electrons. The van der Waals surface area contributed by atoms with Gasteiger partial charge in [0.25, 0.3) is 0 Å². The number of rotatable bonds is 6. The molecule has 0 fully saturated rings. The monoisotopic (exact) mass is 243 g/mol. The molecule has 18 heavy (non-hydrogen) atoms. The van der Waals surface area contributed by atoms with Crippen molar-refractivity contribution in [3.8, 4) is 0 Å². The highest BCUT2D eigenvalue weighted by atomic mass is 15.1. The third-order valence-electron chi connectivity index (χ3n) is 3.12. The van der Waals surface area contributed by atoms with Gasteiger partial charge in [0.2, 0.25) is 0 Å². The second-order valence-corrected chi connectivity index (χ2v) is 4.58. The molecular formula is C15H21N3. The molecule has 3 nitrogen and oxygen atoms in total. The van der Waals surface area contributed by atoms with Gasteiger partial charge in [-0.3, -0.25) is 0 Å². The highest BCUT2D eigenvalue weighted by Gasteiger charge is 2.07. The molecule has 0 spiro atoms. The quantitative estimate of drug-likeness (QED) is 0.790. The van der Waals surface area contributed by atoms with Crippen molar-refractivity contribution < 1.29 is 0 Å². The largest absolute Gasteiger partial charge is 0.330 e. The summed E-state index contributed by atoms with van der Waals surface area (Å²) in [7, 11) is 0. The van der Waals surface area contributed by atoms with Crippen molar-refractivity contribution in [2.75, 3.05) is 6.54 Å². The van der Waals surface area contributed by atoms with Crippen molar-refractivity contribution >= 4 is 0 Å². The minimum atomic E-state index is 0.332. The minimum Gasteiger partial charge on any atom is -0.330 e. The van der Waals surface area contributed by atoms with E-state index < -0.39 is 0 Å². The summed E-state index contributed by atoms with van der Waals surface area (Å²) in [5, 5.41) is 3.37. The van der Waals surface area contributed by atoms with Crippen LogP contribution in [0.15, 0.2) is 42.9 Å². The highest BCUT2D eigenvalue weighted by Crippen LogP contribution is 2.17. The number of nitrogens with zero attached hydrogens (tertiary/aromatic N) is 2. The Morgan fingerprint density at radius 3 is 2.78 bits per heavy atom. The van der Waals surface area contributed by atoms with Gasteiger partial charge in [-0.25, -0.2) is 4.98 Å². The lowest BCUT2D eigenvalue weighted by atomic mass is 10.1. The van der Waals surface area contributed by atoms with Crippen molar-refractivity contribution in [3.63, 3.8) is 0 Å². The summed E-state index contributed by atoms with van der Waals surface area (Å²) in [5.41, 5.74) is 2.41. The molecular weight excluding hydrogens is 222 g/mol. The van der Waals surface area contributed by atoms with Crippen LogP contribution in [0.4, 0.5) is 0 Å². The van der Waals surface area contributed by atoms with Crippen LogP contribution in [0.5, 0.6) is 0 Å². The van der Waals surface area contributed by atoms with Crippen LogP contribution in [0, 0.1) is 0 Å². The Balaban J connectivity index is 2.01. The van der Waals surface area contributed by atoms with E-state index in [4.69, 9.17) is 0 Å². The first-order valence-electron chi connectivity index (χ1n) is 6.59. The molecule has 0 saturated heterocycles. The fourth-order valence-electron chi connectivity index (χ4n) is 1.98. The Morgan fingerprint density at radius 1 is 1.28 bits per heavy atom. The van der Waals surface area contributed by atoms with E-state index in [0.717, 1.165) is 25.2 Å². The van der Waals surface area contributed by atoms with Gasteiger partial charge < -0.3 is 9.88 Å². The van der Waals surface area contributed by atoms with Crippen molar-refractivity contribution in [2.24, 2.45) is 0 Å². The van der Waals surface area contributed by atoms with E-state index in [1.165, 1.54) is 5.56 Å². The lowest BCUT2D eigenvalue weighted by Gasteiger charge is -2.12. The molecule has 1 aromatic heterocycles. The molecule has 3 heteroatoms. The Morgan fingerprint density at radius 2 is 2.06 bits per heavy atom. The molecule has 1 unspecified atom stereocenters. The van der Waals surface area contributed by atoms with Crippen molar-refractivity contribution in [1.82, 2.24) is 14.9 Å². The van der Waals surface area contributed by atoms with E-state index in [0.29, 0.717) is 6.04 Å². The number of hydrogen-bond donors (Lipinski definition) is 1. The summed E-state index contributed by atoms with van der Waals surface area (Å²) in [4.78, 5) is 4.44. The molecule has 1 N–H and O–H groups in total. The molecule has 0 aliphatic carbocycles. The van der Waals surface area contributed by atoms with Crippen LogP contribution >= 0.6 is 0 Å². The fraction of sp³-hybridized carbons (Fsp3) is 0.400.